The fourth-order valence-corrected chi connectivity index (χ4v) is 1.10. The van der Waals surface area contributed by atoms with E-state index in [0.717, 1.165) is 5.56 Å². The van der Waals surface area contributed by atoms with Crippen LogP contribution in [0, 0.1) is 0 Å². The van der Waals surface area contributed by atoms with Gasteiger partial charge in [-0.25, -0.2) is 0 Å². The van der Waals surface area contributed by atoms with Gasteiger partial charge < -0.3 is 4.74 Å². The molecule has 1 rings (SSSR count). The van der Waals surface area contributed by atoms with E-state index in [-0.39, 0.29) is 12.2 Å². The predicted octanol–water partition coefficient (Wildman–Crippen LogP) is 2.57. The average molecular weight is 165 g/mol. The van der Waals surface area contributed by atoms with Crippen LogP contribution in [-0.2, 0) is 4.74 Å². The summed E-state index contributed by atoms with van der Waals surface area (Å²) in [5, 5.41) is 0. The molecule has 0 aliphatic carbocycles. The molecular weight excluding hydrogens is 150 g/mol. The summed E-state index contributed by atoms with van der Waals surface area (Å²) >= 11 is 0. The van der Waals surface area contributed by atoms with Gasteiger partial charge in [-0.1, -0.05) is 6.07 Å². The lowest BCUT2D eigenvalue weighted by Crippen LogP contribution is -2.07. The molecule has 0 fully saturated rings. The first-order valence-electron chi connectivity index (χ1n) is 4.25. The van der Waals surface area contributed by atoms with Crippen molar-refractivity contribution in [2.45, 2.75) is 33.0 Å². The Balaban J connectivity index is 2.59. The third-order valence-corrected chi connectivity index (χ3v) is 1.63. The number of nitrogens with zero attached hydrogens (tertiary/aromatic N) is 1. The highest BCUT2D eigenvalue weighted by Crippen LogP contribution is 2.16. The monoisotopic (exact) mass is 165 g/mol. The van der Waals surface area contributed by atoms with Crippen molar-refractivity contribution in [1.29, 1.82) is 0 Å². The smallest absolute Gasteiger partial charge is 0.0815 e. The van der Waals surface area contributed by atoms with E-state index in [2.05, 4.69) is 4.98 Å². The summed E-state index contributed by atoms with van der Waals surface area (Å²) in [5.74, 6) is 0. The Hall–Kier alpha value is -0.890. The van der Waals surface area contributed by atoms with E-state index < -0.39 is 0 Å². The van der Waals surface area contributed by atoms with E-state index in [1.54, 1.807) is 6.20 Å². The van der Waals surface area contributed by atoms with Crippen LogP contribution in [0.2, 0.25) is 0 Å². The summed E-state index contributed by atoms with van der Waals surface area (Å²) in [4.78, 5) is 4.03. The number of hydrogen-bond acceptors (Lipinski definition) is 2. The van der Waals surface area contributed by atoms with Gasteiger partial charge >= 0.3 is 0 Å². The summed E-state index contributed by atoms with van der Waals surface area (Å²) in [6.07, 6.45) is 4.01. The minimum absolute atomic E-state index is 0.138. The molecule has 0 bridgehead atoms. The SMILES string of the molecule is CC(C)O[C@H](C)c1cccnc1. The van der Waals surface area contributed by atoms with Gasteiger partial charge in [-0.3, -0.25) is 4.98 Å². The maximum Gasteiger partial charge on any atom is 0.0815 e. The highest BCUT2D eigenvalue weighted by Gasteiger charge is 2.06. The molecule has 0 spiro atoms. The maximum atomic E-state index is 5.60. The summed E-state index contributed by atoms with van der Waals surface area (Å²) in [7, 11) is 0. The zero-order chi connectivity index (χ0) is 8.97. The molecule has 0 radical (unpaired) electrons. The number of ether oxygens (including phenoxy) is 1. The first-order chi connectivity index (χ1) is 5.70. The lowest BCUT2D eigenvalue weighted by atomic mass is 10.2. The van der Waals surface area contributed by atoms with Crippen molar-refractivity contribution < 1.29 is 4.74 Å². The molecule has 1 aromatic heterocycles. The molecule has 0 aromatic carbocycles. The second kappa shape index (κ2) is 4.21. The molecule has 2 nitrogen and oxygen atoms in total. The van der Waals surface area contributed by atoms with Gasteiger partial charge in [0.05, 0.1) is 12.2 Å². The Kier molecular flexibility index (Phi) is 3.23. The third-order valence-electron chi connectivity index (χ3n) is 1.63. The van der Waals surface area contributed by atoms with E-state index in [1.165, 1.54) is 0 Å². The minimum Gasteiger partial charge on any atom is -0.371 e. The van der Waals surface area contributed by atoms with Crippen molar-refractivity contribution >= 4 is 0 Å². The fraction of sp³-hybridized carbons (Fsp3) is 0.500. The van der Waals surface area contributed by atoms with E-state index in [4.69, 9.17) is 4.74 Å². The first-order valence-corrected chi connectivity index (χ1v) is 4.25. The molecule has 0 unspecified atom stereocenters. The van der Waals surface area contributed by atoms with Crippen molar-refractivity contribution in [3.05, 3.63) is 30.1 Å². The van der Waals surface area contributed by atoms with Crippen LogP contribution in [0.3, 0.4) is 0 Å². The van der Waals surface area contributed by atoms with Gasteiger partial charge in [-0.15, -0.1) is 0 Å². The van der Waals surface area contributed by atoms with Gasteiger partial charge in [-0.05, 0) is 32.4 Å². The number of pyridine rings is 1. The van der Waals surface area contributed by atoms with Crippen LogP contribution in [0.1, 0.15) is 32.4 Å². The maximum absolute atomic E-state index is 5.60. The largest absolute Gasteiger partial charge is 0.371 e. The van der Waals surface area contributed by atoms with Crippen LogP contribution in [0.4, 0.5) is 0 Å². The Morgan fingerprint density at radius 3 is 2.58 bits per heavy atom. The summed E-state index contributed by atoms with van der Waals surface area (Å²) < 4.78 is 5.60. The zero-order valence-electron chi connectivity index (χ0n) is 7.82. The standard InChI is InChI=1S/C10H15NO/c1-8(2)12-9(3)10-5-4-6-11-7-10/h4-9H,1-3H3/t9-/m1/s1. The van der Waals surface area contributed by atoms with Crippen LogP contribution < -0.4 is 0 Å². The Morgan fingerprint density at radius 1 is 1.33 bits per heavy atom. The molecule has 0 saturated heterocycles. The highest BCUT2D eigenvalue weighted by atomic mass is 16.5. The Morgan fingerprint density at radius 2 is 2.08 bits per heavy atom. The van der Waals surface area contributed by atoms with E-state index in [0.29, 0.717) is 0 Å². The molecule has 66 valence electrons. The van der Waals surface area contributed by atoms with Gasteiger partial charge in [0.1, 0.15) is 0 Å². The van der Waals surface area contributed by atoms with E-state index in [9.17, 15) is 0 Å². The van der Waals surface area contributed by atoms with Crippen LogP contribution in [0.25, 0.3) is 0 Å². The molecule has 0 aliphatic rings. The van der Waals surface area contributed by atoms with Crippen molar-refractivity contribution in [3.8, 4) is 0 Å². The summed E-state index contributed by atoms with van der Waals surface area (Å²) in [6.45, 7) is 6.11. The third kappa shape index (κ3) is 2.62. The lowest BCUT2D eigenvalue weighted by molar-refractivity contribution is 0.0177. The Bertz CT molecular complexity index is 221. The van der Waals surface area contributed by atoms with Gasteiger partial charge in [0.15, 0.2) is 0 Å². The molecule has 2 heteroatoms. The van der Waals surface area contributed by atoms with Gasteiger partial charge in [0, 0.05) is 12.4 Å². The van der Waals surface area contributed by atoms with Crippen molar-refractivity contribution in [1.82, 2.24) is 4.98 Å². The normalized spacial score (nSPS) is 13.3. The number of rotatable bonds is 3. The van der Waals surface area contributed by atoms with Crippen molar-refractivity contribution in [2.75, 3.05) is 0 Å². The van der Waals surface area contributed by atoms with Gasteiger partial charge in [-0.2, -0.15) is 0 Å². The second-order valence-electron chi connectivity index (χ2n) is 3.11. The average Bonchev–Trinajstić information content (AvgIpc) is 2.05. The van der Waals surface area contributed by atoms with Crippen molar-refractivity contribution in [2.24, 2.45) is 0 Å². The van der Waals surface area contributed by atoms with Crippen LogP contribution in [-0.4, -0.2) is 11.1 Å². The molecule has 0 saturated carbocycles. The van der Waals surface area contributed by atoms with Crippen LogP contribution >= 0.6 is 0 Å². The predicted molar refractivity (Wildman–Crippen MR) is 48.9 cm³/mol. The zero-order valence-corrected chi connectivity index (χ0v) is 7.82. The molecule has 1 aromatic rings. The van der Waals surface area contributed by atoms with Crippen molar-refractivity contribution in [3.63, 3.8) is 0 Å². The minimum atomic E-state index is 0.138. The molecule has 0 aliphatic heterocycles. The topological polar surface area (TPSA) is 22.1 Å². The lowest BCUT2D eigenvalue weighted by Gasteiger charge is -2.15. The highest BCUT2D eigenvalue weighted by molar-refractivity contribution is 5.11. The van der Waals surface area contributed by atoms with Crippen LogP contribution in [0.5, 0.6) is 0 Å². The quantitative estimate of drug-likeness (QED) is 0.686. The first kappa shape index (κ1) is 9.20. The molecule has 1 atom stereocenters. The van der Waals surface area contributed by atoms with Crippen LogP contribution in [0.15, 0.2) is 24.5 Å². The Labute approximate surface area is 73.6 Å². The number of hydrogen-bond donors (Lipinski definition) is 0. The van der Waals surface area contributed by atoms with Gasteiger partial charge in [0.25, 0.3) is 0 Å². The summed E-state index contributed by atoms with van der Waals surface area (Å²) in [5.41, 5.74) is 1.13. The summed E-state index contributed by atoms with van der Waals surface area (Å²) in [6, 6.07) is 3.95. The molecule has 0 N–H and O–H groups in total. The molecule has 12 heavy (non-hydrogen) atoms. The van der Waals surface area contributed by atoms with E-state index in [1.807, 2.05) is 39.1 Å². The molecule has 1 heterocycles. The van der Waals surface area contributed by atoms with E-state index >= 15 is 0 Å². The molecule has 0 amide bonds. The molecular formula is C10H15NO. The fourth-order valence-electron chi connectivity index (χ4n) is 1.10. The number of aromatic nitrogens is 1. The second-order valence-corrected chi connectivity index (χ2v) is 3.11. The van der Waals surface area contributed by atoms with Gasteiger partial charge in [0.2, 0.25) is 0 Å².